The molecule has 0 rings (SSSR count). The van der Waals surface area contributed by atoms with Crippen LogP contribution in [0.3, 0.4) is 0 Å². The lowest BCUT2D eigenvalue weighted by Crippen LogP contribution is -2.47. The van der Waals surface area contributed by atoms with Gasteiger partial charge < -0.3 is 30.3 Å². The first-order valence-corrected chi connectivity index (χ1v) is 18.7. The molecule has 0 aromatic rings. The lowest BCUT2D eigenvalue weighted by molar-refractivity contribution is -0.156. The number of unbranched alkanes of at least 4 members (excludes halogenated alkanes) is 27. The lowest BCUT2D eigenvalue weighted by Gasteiger charge is -2.25. The van der Waals surface area contributed by atoms with Gasteiger partial charge in [0, 0.05) is 7.79 Å². The van der Waals surface area contributed by atoms with Gasteiger partial charge in [0.15, 0.2) is 0 Å². The summed E-state index contributed by atoms with van der Waals surface area (Å²) in [4.78, 5) is 11.8. The Morgan fingerprint density at radius 3 is 1.11 bits per heavy atom. The maximum atomic E-state index is 11.8. The third-order valence-corrected chi connectivity index (χ3v) is 8.87. The third-order valence-electron chi connectivity index (χ3n) is 8.87. The highest BCUT2D eigenvalue weighted by molar-refractivity contribution is 5.69. The van der Waals surface area contributed by atoms with Crippen molar-refractivity contribution in [2.75, 3.05) is 13.2 Å². The van der Waals surface area contributed by atoms with Gasteiger partial charge in [-0.05, 0) is 6.42 Å². The fourth-order valence-corrected chi connectivity index (χ4v) is 5.78. The van der Waals surface area contributed by atoms with Crippen LogP contribution >= 0.6 is 0 Å². The summed E-state index contributed by atoms with van der Waals surface area (Å²) in [7, 11) is 0. The highest BCUT2D eigenvalue weighted by atomic mass is 16.5. The number of esters is 1. The van der Waals surface area contributed by atoms with Gasteiger partial charge in [0.2, 0.25) is 0 Å². The van der Waals surface area contributed by atoms with Crippen LogP contribution in [0.15, 0.2) is 0 Å². The Kier molecular flexibility index (Phi) is 31.6. The lowest BCUT2D eigenvalue weighted by atomic mass is 10.0. The third kappa shape index (κ3) is 28.7. The normalized spacial score (nSPS) is 14.7. The number of carbonyl (C=O) groups is 1. The van der Waals surface area contributed by atoms with E-state index in [2.05, 4.69) is 0 Å². The molecule has 0 spiro atoms. The summed E-state index contributed by atoms with van der Waals surface area (Å²) in [5, 5.41) is 47.2. The minimum absolute atomic E-state index is 0.251. The topological polar surface area (TPSA) is 127 Å². The largest absolute Gasteiger partial charge is 0.463 e. The molecule has 0 unspecified atom stereocenters. The molecule has 44 heavy (non-hydrogen) atoms. The number of hydrogen-bond acceptors (Lipinski definition) is 7. The number of ether oxygens (including phenoxy) is 1. The fraction of sp³-hybridized carbons (Fsp3) is 0.973. The van der Waals surface area contributed by atoms with E-state index in [0.29, 0.717) is 6.90 Å². The van der Waals surface area contributed by atoms with Gasteiger partial charge in [0.1, 0.15) is 31.0 Å². The number of carbonyl (C=O) groups excluding carboxylic acids is 1. The number of aliphatic hydroxyl groups is 5. The molecule has 0 fully saturated rings. The first-order valence-electron chi connectivity index (χ1n) is 19.4. The highest BCUT2D eigenvalue weighted by Crippen LogP contribution is 2.16. The molecule has 0 aliphatic heterocycles. The van der Waals surface area contributed by atoms with Crippen molar-refractivity contribution >= 4 is 5.97 Å². The Labute approximate surface area is 273 Å². The Bertz CT molecular complexity index is 609. The summed E-state index contributed by atoms with van der Waals surface area (Å²) >= 11 is 0. The average molecular weight is 632 g/mol. The predicted octanol–water partition coefficient (Wildman–Crippen LogP) is 8.30. The van der Waals surface area contributed by atoms with E-state index in [4.69, 9.17) is 11.2 Å². The zero-order valence-electron chi connectivity index (χ0n) is 29.5. The minimum atomic E-state index is -1.72. The minimum Gasteiger partial charge on any atom is -0.463 e. The van der Waals surface area contributed by atoms with Crippen molar-refractivity contribution in [2.45, 2.75) is 218 Å². The number of hydrogen-bond donors (Lipinski definition) is 5. The van der Waals surface area contributed by atoms with E-state index in [-0.39, 0.29) is 6.42 Å². The van der Waals surface area contributed by atoms with Crippen LogP contribution in [0, 0.1) is 0 Å². The van der Waals surface area contributed by atoms with Gasteiger partial charge in [-0.3, -0.25) is 4.79 Å². The molecule has 0 aliphatic rings. The maximum Gasteiger partial charge on any atom is 0.305 e. The van der Waals surface area contributed by atoms with Crippen molar-refractivity contribution in [3.8, 4) is 0 Å². The molecule has 0 saturated carbocycles. The predicted molar refractivity (Wildman–Crippen MR) is 182 cm³/mol. The molecule has 7 nitrogen and oxygen atoms in total. The van der Waals surface area contributed by atoms with E-state index in [1.807, 2.05) is 0 Å². The van der Waals surface area contributed by atoms with E-state index >= 15 is 0 Å². The van der Waals surface area contributed by atoms with E-state index in [1.165, 1.54) is 154 Å². The molecule has 7 heteroatoms. The second kappa shape index (κ2) is 33.6. The van der Waals surface area contributed by atoms with Crippen LogP contribution in [0.25, 0.3) is 0 Å². The highest BCUT2D eigenvalue weighted by Gasteiger charge is 2.30. The van der Waals surface area contributed by atoms with Crippen molar-refractivity contribution < 1.29 is 36.4 Å². The summed E-state index contributed by atoms with van der Waals surface area (Å²) in [6.07, 6.45) is 30.5. The van der Waals surface area contributed by atoms with Crippen molar-refractivity contribution in [1.82, 2.24) is 0 Å². The summed E-state index contributed by atoms with van der Waals surface area (Å²) in [5.41, 5.74) is 0. The maximum absolute atomic E-state index is 11.8. The van der Waals surface area contributed by atoms with Crippen LogP contribution in [-0.4, -0.2) is 69.1 Å². The molecule has 0 saturated heterocycles. The van der Waals surface area contributed by atoms with Crippen LogP contribution in [0.4, 0.5) is 0 Å². The molecule has 5 N–H and O–H groups in total. The Hall–Kier alpha value is -0.730. The summed E-state index contributed by atoms with van der Waals surface area (Å²) < 4.78 is 12.1. The first-order chi connectivity index (χ1) is 21.9. The van der Waals surface area contributed by atoms with Crippen molar-refractivity contribution in [3.05, 3.63) is 0 Å². The average Bonchev–Trinajstić information content (AvgIpc) is 3.05. The second-order valence-corrected chi connectivity index (χ2v) is 13.1. The number of rotatable bonds is 35. The standard InChI is InChI=1S/C37H74O7/c1-2-3-4-5-6-7-8-9-10-11-12-13-14-15-16-17-18-19-20-21-22-23-24-25-26-27-28-29-30-35(41)44-32-34(40)37(43)36(42)33(39)31-38/h33-34,36-40,42-43H,2-32H2,1H3/t33-,34+,36+,37+/m0/s1/i1D. The smallest absolute Gasteiger partial charge is 0.305 e. The van der Waals surface area contributed by atoms with Crippen LogP contribution in [0.5, 0.6) is 0 Å². The van der Waals surface area contributed by atoms with E-state index in [0.717, 1.165) is 25.7 Å². The molecule has 0 radical (unpaired) electrons. The molecule has 0 aromatic heterocycles. The molecular weight excluding hydrogens is 556 g/mol. The number of aliphatic hydroxyl groups excluding tert-OH is 5. The quantitative estimate of drug-likeness (QED) is 0.0352. The van der Waals surface area contributed by atoms with Gasteiger partial charge >= 0.3 is 5.97 Å². The second-order valence-electron chi connectivity index (χ2n) is 13.1. The van der Waals surface area contributed by atoms with Crippen LogP contribution in [0.2, 0.25) is 0 Å². The fourth-order valence-electron chi connectivity index (χ4n) is 5.78. The molecule has 0 amide bonds. The molecule has 264 valence electrons. The van der Waals surface area contributed by atoms with Gasteiger partial charge in [-0.1, -0.05) is 180 Å². The van der Waals surface area contributed by atoms with Gasteiger partial charge in [-0.25, -0.2) is 0 Å². The van der Waals surface area contributed by atoms with Gasteiger partial charge in [0.05, 0.1) is 6.61 Å². The Morgan fingerprint density at radius 1 is 0.500 bits per heavy atom. The monoisotopic (exact) mass is 632 g/mol. The Balaban J connectivity index is 3.26. The van der Waals surface area contributed by atoms with Gasteiger partial charge in [-0.15, -0.1) is 0 Å². The zero-order chi connectivity index (χ0) is 33.2. The van der Waals surface area contributed by atoms with E-state index < -0.39 is 43.6 Å². The SMILES string of the molecule is [2H]CCCCCCCCCCCCCCCCCCCCCCCCCCCCCCC(=O)OC[C@@H](O)[C@@H](O)[C@H](O)[C@@H](O)CO. The summed E-state index contributed by atoms with van der Waals surface area (Å²) in [6, 6.07) is 0. The first kappa shape index (κ1) is 41.3. The molecular formula is C37H74O7. The zero-order valence-corrected chi connectivity index (χ0v) is 28.5. The van der Waals surface area contributed by atoms with Crippen molar-refractivity contribution in [3.63, 3.8) is 0 Å². The van der Waals surface area contributed by atoms with Crippen molar-refractivity contribution in [1.29, 1.82) is 0 Å². The van der Waals surface area contributed by atoms with E-state index in [1.54, 1.807) is 0 Å². The summed E-state index contributed by atoms with van der Waals surface area (Å²) in [5.74, 6) is -0.458. The van der Waals surface area contributed by atoms with Gasteiger partial charge in [-0.2, -0.15) is 0 Å². The molecule has 0 aromatic carbocycles. The van der Waals surface area contributed by atoms with Crippen LogP contribution < -0.4 is 0 Å². The molecule has 4 atom stereocenters. The van der Waals surface area contributed by atoms with E-state index in [9.17, 15) is 25.2 Å². The van der Waals surface area contributed by atoms with Crippen molar-refractivity contribution in [2.24, 2.45) is 0 Å². The summed E-state index contributed by atoms with van der Waals surface area (Å²) in [6.45, 7) is -0.612. The van der Waals surface area contributed by atoms with Crippen LogP contribution in [0.1, 0.15) is 194 Å². The molecule has 0 bridgehead atoms. The Morgan fingerprint density at radius 2 is 0.795 bits per heavy atom. The molecule has 0 aliphatic carbocycles. The van der Waals surface area contributed by atoms with Crippen LogP contribution in [-0.2, 0) is 9.53 Å². The molecule has 0 heterocycles. The van der Waals surface area contributed by atoms with Gasteiger partial charge in [0.25, 0.3) is 0 Å².